The minimum Gasteiger partial charge on any atom is -0.465 e. The molecule has 0 spiro atoms. The Morgan fingerprint density at radius 3 is 2.10 bits per heavy atom. The van der Waals surface area contributed by atoms with Gasteiger partial charge in [-0.25, -0.2) is 14.8 Å². The van der Waals surface area contributed by atoms with Crippen LogP contribution < -0.4 is 5.32 Å². The molecule has 1 aliphatic heterocycles. The van der Waals surface area contributed by atoms with E-state index in [0.29, 0.717) is 31.3 Å². The lowest BCUT2D eigenvalue weighted by atomic mass is 10.0. The van der Waals surface area contributed by atoms with Crippen LogP contribution >= 0.6 is 0 Å². The topological polar surface area (TPSA) is 110 Å². The first kappa shape index (κ1) is 27.5. The van der Waals surface area contributed by atoms with Gasteiger partial charge in [0.2, 0.25) is 0 Å². The third kappa shape index (κ3) is 5.99. The number of hydrogen-bond donors (Lipinski definition) is 4. The molecular weight excluding hydrogens is 524 g/mol. The average molecular weight is 561 g/mol. The van der Waals surface area contributed by atoms with Gasteiger partial charge in [-0.1, -0.05) is 85.8 Å². The fourth-order valence-corrected chi connectivity index (χ4v) is 5.76. The zero-order valence-electron chi connectivity index (χ0n) is 23.8. The van der Waals surface area contributed by atoms with Gasteiger partial charge in [-0.05, 0) is 60.0 Å². The van der Waals surface area contributed by atoms with Gasteiger partial charge in [0.05, 0.1) is 35.9 Å². The van der Waals surface area contributed by atoms with E-state index >= 15 is 0 Å². The first-order chi connectivity index (χ1) is 20.6. The van der Waals surface area contributed by atoms with Crippen molar-refractivity contribution in [3.8, 4) is 33.6 Å². The first-order valence-corrected chi connectivity index (χ1v) is 14.7. The number of nitrogens with zero attached hydrogens (tertiary/aromatic N) is 3. The van der Waals surface area contributed by atoms with Crippen molar-refractivity contribution in [2.75, 3.05) is 13.1 Å². The smallest absolute Gasteiger partial charge is 0.407 e. The third-order valence-electron chi connectivity index (χ3n) is 8.11. The molecule has 2 aromatic heterocycles. The molecule has 2 atom stereocenters. The van der Waals surface area contributed by atoms with E-state index in [1.807, 2.05) is 43.5 Å². The Balaban J connectivity index is 1.13. The number of carboxylic acid groups (broad SMARTS) is 1. The number of H-pyrrole nitrogens is 2. The van der Waals surface area contributed by atoms with Crippen molar-refractivity contribution in [3.63, 3.8) is 0 Å². The molecule has 8 heteroatoms. The second kappa shape index (κ2) is 12.4. The van der Waals surface area contributed by atoms with E-state index in [1.165, 1.54) is 11.3 Å². The summed E-state index contributed by atoms with van der Waals surface area (Å²) in [5.74, 6) is 1.67. The number of aromatic nitrogens is 4. The summed E-state index contributed by atoms with van der Waals surface area (Å²) in [5.41, 5.74) is 7.38. The molecule has 3 heterocycles. The molecule has 4 N–H and O–H groups in total. The molecule has 5 aromatic rings. The van der Waals surface area contributed by atoms with Gasteiger partial charge in [0.15, 0.2) is 0 Å². The van der Waals surface area contributed by atoms with Gasteiger partial charge < -0.3 is 20.4 Å². The summed E-state index contributed by atoms with van der Waals surface area (Å²) >= 11 is 0. The Hall–Kier alpha value is -4.69. The molecular formula is C34H36N6O2. The van der Waals surface area contributed by atoms with Crippen molar-refractivity contribution in [2.45, 2.75) is 44.7 Å². The van der Waals surface area contributed by atoms with Crippen LogP contribution in [-0.2, 0) is 6.42 Å². The summed E-state index contributed by atoms with van der Waals surface area (Å²) in [7, 11) is 0. The normalized spacial score (nSPS) is 15.5. The van der Waals surface area contributed by atoms with E-state index in [-0.39, 0.29) is 6.04 Å². The lowest BCUT2D eigenvalue weighted by molar-refractivity contribution is 0.121. The van der Waals surface area contributed by atoms with Crippen molar-refractivity contribution in [2.24, 2.45) is 0 Å². The summed E-state index contributed by atoms with van der Waals surface area (Å²) in [6, 6.07) is 26.8. The SMILES string of the molecule is CCC(c1ncc(-c2ccc(-c3ccc(-c4cnc(C5CCCN5)[nH]4)cc3)cc2)[nH]1)N(CCc1ccccc1)C(=O)O. The van der Waals surface area contributed by atoms with E-state index in [2.05, 4.69) is 73.8 Å². The van der Waals surface area contributed by atoms with Crippen LogP contribution in [0.25, 0.3) is 33.6 Å². The predicted molar refractivity (Wildman–Crippen MR) is 165 cm³/mol. The molecule has 0 bridgehead atoms. The fourth-order valence-electron chi connectivity index (χ4n) is 5.76. The zero-order valence-corrected chi connectivity index (χ0v) is 23.8. The monoisotopic (exact) mass is 560 g/mol. The number of nitrogens with one attached hydrogen (secondary N) is 3. The van der Waals surface area contributed by atoms with E-state index in [1.54, 1.807) is 6.20 Å². The highest BCUT2D eigenvalue weighted by molar-refractivity contribution is 5.71. The molecule has 0 radical (unpaired) electrons. The highest BCUT2D eigenvalue weighted by Gasteiger charge is 2.26. The minimum atomic E-state index is -0.940. The molecule has 1 aliphatic rings. The van der Waals surface area contributed by atoms with Crippen molar-refractivity contribution in [1.82, 2.24) is 30.2 Å². The van der Waals surface area contributed by atoms with Crippen molar-refractivity contribution < 1.29 is 9.90 Å². The van der Waals surface area contributed by atoms with Crippen molar-refractivity contribution in [3.05, 3.63) is 108 Å². The molecule has 0 aliphatic carbocycles. The Kier molecular flexibility index (Phi) is 8.14. The zero-order chi connectivity index (χ0) is 28.9. The Labute approximate surface area is 245 Å². The van der Waals surface area contributed by atoms with Crippen LogP contribution in [-0.4, -0.2) is 49.1 Å². The maximum atomic E-state index is 12.2. The molecule has 6 rings (SSSR count). The van der Waals surface area contributed by atoms with Gasteiger partial charge in [0, 0.05) is 6.54 Å². The number of hydrogen-bond acceptors (Lipinski definition) is 4. The predicted octanol–water partition coefficient (Wildman–Crippen LogP) is 7.23. The number of aromatic amines is 2. The molecule has 1 amide bonds. The molecule has 214 valence electrons. The quantitative estimate of drug-likeness (QED) is 0.144. The number of imidazole rings is 2. The minimum absolute atomic E-state index is 0.325. The molecule has 2 unspecified atom stereocenters. The standard InChI is InChI=1S/C34H36N6O2/c1-2-31(40(34(41)42)20-18-23-7-4-3-5-8-23)33-37-22-30(39-33)27-16-12-25(13-17-27)24-10-14-26(15-11-24)29-21-36-32(38-29)28-9-6-19-35-28/h3-5,7-8,10-17,21-22,28,31,35H,2,6,9,18-20H2,1H3,(H,36,38)(H,37,39)(H,41,42). The number of benzene rings is 3. The van der Waals surface area contributed by atoms with Crippen LogP contribution in [0, 0.1) is 0 Å². The highest BCUT2D eigenvalue weighted by Crippen LogP contribution is 2.29. The summed E-state index contributed by atoms with van der Waals surface area (Å²) in [6.45, 7) is 3.44. The third-order valence-corrected chi connectivity index (χ3v) is 8.11. The van der Waals surface area contributed by atoms with E-state index < -0.39 is 6.09 Å². The molecule has 3 aromatic carbocycles. The van der Waals surface area contributed by atoms with Gasteiger partial charge in [-0.2, -0.15) is 0 Å². The van der Waals surface area contributed by atoms with Crippen LogP contribution in [0.1, 0.15) is 55.5 Å². The number of carbonyl (C=O) groups is 1. The van der Waals surface area contributed by atoms with Crippen LogP contribution in [0.4, 0.5) is 4.79 Å². The van der Waals surface area contributed by atoms with Gasteiger partial charge in [-0.3, -0.25) is 4.90 Å². The second-order valence-electron chi connectivity index (χ2n) is 10.8. The molecule has 1 saturated heterocycles. The Bertz CT molecular complexity index is 1600. The summed E-state index contributed by atoms with van der Waals surface area (Å²) in [5, 5.41) is 13.5. The van der Waals surface area contributed by atoms with Gasteiger partial charge >= 0.3 is 6.09 Å². The second-order valence-corrected chi connectivity index (χ2v) is 10.8. The van der Waals surface area contributed by atoms with Crippen LogP contribution in [0.3, 0.4) is 0 Å². The maximum Gasteiger partial charge on any atom is 0.407 e. The van der Waals surface area contributed by atoms with Crippen molar-refractivity contribution in [1.29, 1.82) is 0 Å². The summed E-state index contributed by atoms with van der Waals surface area (Å²) in [6.07, 6.45) is 6.36. The van der Waals surface area contributed by atoms with Crippen LogP contribution in [0.2, 0.25) is 0 Å². The van der Waals surface area contributed by atoms with Gasteiger partial charge in [0.1, 0.15) is 11.6 Å². The lowest BCUT2D eigenvalue weighted by Gasteiger charge is -2.27. The largest absolute Gasteiger partial charge is 0.465 e. The van der Waals surface area contributed by atoms with Gasteiger partial charge in [-0.15, -0.1) is 0 Å². The van der Waals surface area contributed by atoms with E-state index in [9.17, 15) is 9.90 Å². The van der Waals surface area contributed by atoms with Gasteiger partial charge in [0.25, 0.3) is 0 Å². The molecule has 42 heavy (non-hydrogen) atoms. The Morgan fingerprint density at radius 2 is 1.50 bits per heavy atom. The molecule has 1 fully saturated rings. The lowest BCUT2D eigenvalue weighted by Crippen LogP contribution is -2.35. The van der Waals surface area contributed by atoms with Crippen molar-refractivity contribution >= 4 is 6.09 Å². The first-order valence-electron chi connectivity index (χ1n) is 14.7. The highest BCUT2D eigenvalue weighted by atomic mass is 16.4. The summed E-state index contributed by atoms with van der Waals surface area (Å²) < 4.78 is 0. The van der Waals surface area contributed by atoms with E-state index in [0.717, 1.165) is 58.0 Å². The number of rotatable bonds is 10. The fraction of sp³-hybridized carbons (Fsp3) is 0.265. The van der Waals surface area contributed by atoms with Crippen LogP contribution in [0.15, 0.2) is 91.3 Å². The molecule has 0 saturated carbocycles. The molecule has 8 nitrogen and oxygen atoms in total. The average Bonchev–Trinajstić information content (AvgIpc) is 3.82. The number of amides is 1. The van der Waals surface area contributed by atoms with E-state index in [4.69, 9.17) is 0 Å². The summed E-state index contributed by atoms with van der Waals surface area (Å²) in [4.78, 5) is 29.7. The Morgan fingerprint density at radius 1 is 0.881 bits per heavy atom. The van der Waals surface area contributed by atoms with Crippen LogP contribution in [0.5, 0.6) is 0 Å². The maximum absolute atomic E-state index is 12.2.